The number of nitrogens with one attached hydrogen (secondary N) is 1. The Labute approximate surface area is 210 Å². The van der Waals surface area contributed by atoms with Gasteiger partial charge in [-0.1, -0.05) is 11.6 Å². The van der Waals surface area contributed by atoms with E-state index in [1.165, 1.54) is 24.5 Å². The van der Waals surface area contributed by atoms with Gasteiger partial charge in [-0.15, -0.1) is 0 Å². The summed E-state index contributed by atoms with van der Waals surface area (Å²) in [4.78, 5) is 14.3. The molecule has 10 heteroatoms. The molecule has 2 aromatic rings. The van der Waals surface area contributed by atoms with Crippen molar-refractivity contribution in [3.8, 4) is 5.75 Å². The molecule has 190 valence electrons. The zero-order valence-corrected chi connectivity index (χ0v) is 21.2. The molecule has 2 aliphatic rings. The highest BCUT2D eigenvalue weighted by Crippen LogP contribution is 2.45. The first-order valence-corrected chi connectivity index (χ1v) is 13.5. The van der Waals surface area contributed by atoms with Crippen LogP contribution in [0.25, 0.3) is 0 Å². The molecule has 1 aliphatic heterocycles. The zero-order chi connectivity index (χ0) is 25.3. The van der Waals surface area contributed by atoms with Crippen molar-refractivity contribution in [3.63, 3.8) is 0 Å². The van der Waals surface area contributed by atoms with Gasteiger partial charge in [0.1, 0.15) is 40.6 Å². The highest BCUT2D eigenvalue weighted by molar-refractivity contribution is 7.82. The van der Waals surface area contributed by atoms with Crippen LogP contribution in [0.5, 0.6) is 5.75 Å². The highest BCUT2D eigenvalue weighted by atomic mass is 35.5. The van der Waals surface area contributed by atoms with Crippen molar-refractivity contribution >= 4 is 28.5 Å². The summed E-state index contributed by atoms with van der Waals surface area (Å²) in [6.45, 7) is 2.60. The SMILES string of the molecule is CC(c1cc(F)cc(Cl)c1)N1CCC(F)(COc2cc(F)c(C(=O)NS(C)=O)cc2C2CC2)CC1. The lowest BCUT2D eigenvalue weighted by Crippen LogP contribution is -2.45. The van der Waals surface area contributed by atoms with E-state index in [2.05, 4.69) is 9.62 Å². The second-order valence-electron chi connectivity index (χ2n) is 9.38. The van der Waals surface area contributed by atoms with Crippen molar-refractivity contribution in [3.05, 3.63) is 63.7 Å². The number of hydrogen-bond donors (Lipinski definition) is 1. The quantitative estimate of drug-likeness (QED) is 0.494. The predicted molar refractivity (Wildman–Crippen MR) is 130 cm³/mol. The molecule has 0 radical (unpaired) electrons. The van der Waals surface area contributed by atoms with Crippen LogP contribution in [-0.2, 0) is 11.0 Å². The van der Waals surface area contributed by atoms with E-state index in [1.807, 2.05) is 6.92 Å². The molecule has 2 aromatic carbocycles. The third kappa shape index (κ3) is 6.37. The first kappa shape index (κ1) is 26.0. The fraction of sp³-hybridized carbons (Fsp3) is 0.480. The Hall–Kier alpha value is -2.10. The van der Waals surface area contributed by atoms with Gasteiger partial charge in [0.2, 0.25) is 0 Å². The maximum atomic E-state index is 15.6. The number of benzene rings is 2. The zero-order valence-electron chi connectivity index (χ0n) is 19.6. The molecule has 0 aromatic heterocycles. The van der Waals surface area contributed by atoms with E-state index in [0.29, 0.717) is 23.7 Å². The second kappa shape index (κ2) is 10.5. The summed E-state index contributed by atoms with van der Waals surface area (Å²) < 4.78 is 63.3. The standard InChI is InChI=1S/C25H28ClF3N2O3S/c1-15(17-9-18(26)11-19(27)10-17)31-7-5-25(29,6-8-31)14-34-23-13-22(28)21(24(32)30-35(2)33)12-20(23)16-3-4-16/h9-13,15-16H,3-8,14H2,1-2H3,(H,30,32). The van der Waals surface area contributed by atoms with Crippen molar-refractivity contribution in [2.75, 3.05) is 26.0 Å². The Kier molecular flexibility index (Phi) is 7.78. The summed E-state index contributed by atoms with van der Waals surface area (Å²) in [6.07, 6.45) is 3.46. The molecule has 35 heavy (non-hydrogen) atoms. The van der Waals surface area contributed by atoms with Gasteiger partial charge in [0.25, 0.3) is 5.91 Å². The first-order chi connectivity index (χ1) is 16.5. The molecule has 2 atom stereocenters. The van der Waals surface area contributed by atoms with Crippen LogP contribution < -0.4 is 9.46 Å². The van der Waals surface area contributed by atoms with Gasteiger partial charge in [0.15, 0.2) is 0 Å². The van der Waals surface area contributed by atoms with Crippen LogP contribution in [0.2, 0.25) is 5.02 Å². The molecular formula is C25H28ClF3N2O3S. The minimum atomic E-state index is -1.62. The number of ether oxygens (including phenoxy) is 1. The van der Waals surface area contributed by atoms with Gasteiger partial charge < -0.3 is 4.74 Å². The minimum Gasteiger partial charge on any atom is -0.490 e. The molecule has 0 bridgehead atoms. The molecule has 1 N–H and O–H groups in total. The number of halogens is 4. The number of piperidine rings is 1. The Morgan fingerprint density at radius 3 is 2.51 bits per heavy atom. The monoisotopic (exact) mass is 528 g/mol. The minimum absolute atomic E-state index is 0.125. The third-order valence-electron chi connectivity index (χ3n) is 6.69. The van der Waals surface area contributed by atoms with Crippen LogP contribution in [0.1, 0.15) is 66.1 Å². The number of rotatable bonds is 8. The van der Waals surface area contributed by atoms with Crippen molar-refractivity contribution in [2.24, 2.45) is 0 Å². The van der Waals surface area contributed by atoms with Gasteiger partial charge in [-0.2, -0.15) is 0 Å². The normalized spacial score (nSPS) is 19.7. The maximum absolute atomic E-state index is 15.6. The van der Waals surface area contributed by atoms with Crippen LogP contribution in [0.4, 0.5) is 13.2 Å². The summed E-state index contributed by atoms with van der Waals surface area (Å²) in [5.74, 6) is -1.62. The lowest BCUT2D eigenvalue weighted by Gasteiger charge is -2.39. The van der Waals surface area contributed by atoms with Gasteiger partial charge in [0, 0.05) is 36.5 Å². The summed E-state index contributed by atoms with van der Waals surface area (Å²) in [5.41, 5.74) is -0.402. The van der Waals surface area contributed by atoms with E-state index in [4.69, 9.17) is 16.3 Å². The number of hydrogen-bond acceptors (Lipinski definition) is 4. The van der Waals surface area contributed by atoms with Gasteiger partial charge in [-0.05, 0) is 73.9 Å². The average Bonchev–Trinajstić information content (AvgIpc) is 3.62. The highest BCUT2D eigenvalue weighted by Gasteiger charge is 2.38. The number of nitrogens with zero attached hydrogens (tertiary/aromatic N) is 1. The van der Waals surface area contributed by atoms with Crippen molar-refractivity contribution in [2.45, 2.75) is 50.2 Å². The molecule has 5 nitrogen and oxygen atoms in total. The van der Waals surface area contributed by atoms with Crippen molar-refractivity contribution < 1.29 is 26.9 Å². The number of carbonyl (C=O) groups excluding carboxylic acids is 1. The predicted octanol–water partition coefficient (Wildman–Crippen LogP) is 5.46. The first-order valence-electron chi connectivity index (χ1n) is 11.5. The lowest BCUT2D eigenvalue weighted by molar-refractivity contribution is 0.00611. The van der Waals surface area contributed by atoms with E-state index in [-0.39, 0.29) is 42.7 Å². The molecule has 4 rings (SSSR count). The van der Waals surface area contributed by atoms with Crippen molar-refractivity contribution in [1.29, 1.82) is 0 Å². The van der Waals surface area contributed by atoms with Crippen LogP contribution in [0, 0.1) is 11.6 Å². The molecule has 1 saturated heterocycles. The Morgan fingerprint density at radius 2 is 1.91 bits per heavy atom. The number of amides is 1. The van der Waals surface area contributed by atoms with E-state index in [0.717, 1.165) is 24.5 Å². The molecule has 2 unspecified atom stereocenters. The van der Waals surface area contributed by atoms with Gasteiger partial charge in [-0.3, -0.25) is 14.4 Å². The van der Waals surface area contributed by atoms with E-state index in [9.17, 15) is 17.8 Å². The number of likely N-dealkylation sites (tertiary alicyclic amines) is 1. The Bertz CT molecular complexity index is 1120. The van der Waals surface area contributed by atoms with E-state index >= 15 is 4.39 Å². The summed E-state index contributed by atoms with van der Waals surface area (Å²) >= 11 is 5.98. The Balaban J connectivity index is 1.41. The summed E-state index contributed by atoms with van der Waals surface area (Å²) in [6, 6.07) is 6.82. The van der Waals surface area contributed by atoms with Crippen molar-refractivity contribution in [1.82, 2.24) is 9.62 Å². The molecule has 0 spiro atoms. The fourth-order valence-corrected chi connectivity index (χ4v) is 5.06. The second-order valence-corrected chi connectivity index (χ2v) is 10.9. The molecular weight excluding hydrogens is 501 g/mol. The number of carbonyl (C=O) groups is 1. The third-order valence-corrected chi connectivity index (χ3v) is 7.38. The summed E-state index contributed by atoms with van der Waals surface area (Å²) in [7, 11) is -1.62. The van der Waals surface area contributed by atoms with Gasteiger partial charge >= 0.3 is 0 Å². The average molecular weight is 529 g/mol. The largest absolute Gasteiger partial charge is 0.490 e. The van der Waals surface area contributed by atoms with Crippen LogP contribution in [0.3, 0.4) is 0 Å². The molecule has 1 amide bonds. The fourth-order valence-electron chi connectivity index (χ4n) is 4.46. The topological polar surface area (TPSA) is 58.6 Å². The van der Waals surface area contributed by atoms with Gasteiger partial charge in [0.05, 0.1) is 5.56 Å². The van der Waals surface area contributed by atoms with Crippen LogP contribution >= 0.6 is 11.6 Å². The lowest BCUT2D eigenvalue weighted by atomic mass is 9.92. The maximum Gasteiger partial charge on any atom is 0.265 e. The van der Waals surface area contributed by atoms with Crippen LogP contribution in [-0.4, -0.2) is 46.6 Å². The molecule has 2 fully saturated rings. The van der Waals surface area contributed by atoms with E-state index < -0.39 is 34.2 Å². The number of alkyl halides is 1. The van der Waals surface area contributed by atoms with Crippen LogP contribution in [0.15, 0.2) is 30.3 Å². The van der Waals surface area contributed by atoms with Gasteiger partial charge in [-0.25, -0.2) is 17.4 Å². The van der Waals surface area contributed by atoms with E-state index in [1.54, 1.807) is 6.07 Å². The molecule has 1 heterocycles. The Morgan fingerprint density at radius 1 is 1.23 bits per heavy atom. The smallest absolute Gasteiger partial charge is 0.265 e. The molecule has 1 saturated carbocycles. The summed E-state index contributed by atoms with van der Waals surface area (Å²) in [5, 5.41) is 0.322. The molecule has 1 aliphatic carbocycles.